The molecule has 19 heavy (non-hydrogen) atoms. The van der Waals surface area contributed by atoms with Crippen LogP contribution in [0.4, 0.5) is 5.82 Å². The number of hydrogen-bond acceptors (Lipinski definition) is 6. The lowest BCUT2D eigenvalue weighted by Gasteiger charge is -2.06. The lowest BCUT2D eigenvalue weighted by atomic mass is 10.3. The molecular weight excluding hydrogens is 244 g/mol. The Morgan fingerprint density at radius 1 is 1.32 bits per heavy atom. The third-order valence-electron chi connectivity index (χ3n) is 2.86. The minimum atomic E-state index is 0.806. The van der Waals surface area contributed by atoms with Crippen LogP contribution in [-0.4, -0.2) is 41.3 Å². The zero-order valence-electron chi connectivity index (χ0n) is 10.6. The Morgan fingerprint density at radius 3 is 3.11 bits per heavy atom. The van der Waals surface area contributed by atoms with Crippen molar-refractivity contribution in [2.75, 3.05) is 11.9 Å². The fourth-order valence-electron chi connectivity index (χ4n) is 1.90. The molecule has 3 aromatic rings. The summed E-state index contributed by atoms with van der Waals surface area (Å²) < 4.78 is 3.54. The molecule has 0 amide bonds. The van der Waals surface area contributed by atoms with Gasteiger partial charge in [0.25, 0.3) is 0 Å². The molecule has 0 bridgehead atoms. The normalized spacial score (nSPS) is 11.0. The van der Waals surface area contributed by atoms with E-state index in [4.69, 9.17) is 0 Å². The van der Waals surface area contributed by atoms with E-state index in [-0.39, 0.29) is 0 Å². The second kappa shape index (κ2) is 5.01. The smallest absolute Gasteiger partial charge is 0.163 e. The maximum absolute atomic E-state index is 4.24. The Morgan fingerprint density at radius 2 is 2.26 bits per heavy atom. The molecule has 0 atom stereocenters. The number of hydrogen-bond donors (Lipinski definition) is 1. The van der Waals surface area contributed by atoms with Gasteiger partial charge in [0.05, 0.1) is 17.8 Å². The molecule has 3 heterocycles. The highest BCUT2D eigenvalue weighted by atomic mass is 15.4. The topological polar surface area (TPSA) is 86.3 Å². The Kier molecular flexibility index (Phi) is 3.05. The highest BCUT2D eigenvalue weighted by Crippen LogP contribution is 2.17. The molecule has 8 nitrogen and oxygen atoms in total. The third-order valence-corrected chi connectivity index (χ3v) is 2.86. The zero-order chi connectivity index (χ0) is 13.1. The minimum absolute atomic E-state index is 0.806. The number of aryl methyl sites for hydroxylation is 2. The minimum Gasteiger partial charge on any atom is -0.369 e. The predicted octanol–water partition coefficient (Wildman–Crippen LogP) is 0.457. The number of fused-ring (bicyclic) bond motifs is 1. The van der Waals surface area contributed by atoms with Crippen molar-refractivity contribution in [1.29, 1.82) is 0 Å². The van der Waals surface area contributed by atoms with Crippen molar-refractivity contribution in [2.24, 2.45) is 7.05 Å². The summed E-state index contributed by atoms with van der Waals surface area (Å²) in [6, 6.07) is 0. The fourth-order valence-corrected chi connectivity index (χ4v) is 1.90. The first-order valence-electron chi connectivity index (χ1n) is 6.05. The summed E-state index contributed by atoms with van der Waals surface area (Å²) in [6.45, 7) is 1.63. The van der Waals surface area contributed by atoms with Gasteiger partial charge in [-0.3, -0.25) is 9.36 Å². The fraction of sp³-hybridized carbons (Fsp3) is 0.364. The van der Waals surface area contributed by atoms with Crippen LogP contribution in [0.25, 0.3) is 11.0 Å². The van der Waals surface area contributed by atoms with Crippen LogP contribution >= 0.6 is 0 Å². The van der Waals surface area contributed by atoms with Crippen molar-refractivity contribution in [3.05, 3.63) is 24.9 Å². The van der Waals surface area contributed by atoms with Crippen LogP contribution in [-0.2, 0) is 13.6 Å². The summed E-state index contributed by atoms with van der Waals surface area (Å²) in [7, 11) is 1.86. The highest BCUT2D eigenvalue weighted by Gasteiger charge is 2.06. The molecule has 8 heteroatoms. The second-order valence-corrected chi connectivity index (χ2v) is 4.17. The van der Waals surface area contributed by atoms with Gasteiger partial charge in [0.1, 0.15) is 12.1 Å². The molecule has 98 valence electrons. The van der Waals surface area contributed by atoms with E-state index in [2.05, 4.69) is 30.7 Å². The Labute approximate surface area is 109 Å². The number of rotatable bonds is 5. The average Bonchev–Trinajstić information content (AvgIpc) is 3.06. The SMILES string of the molecule is Cn1ncc2c(NCCCn3ccnn3)ncnc21. The van der Waals surface area contributed by atoms with Gasteiger partial charge in [-0.1, -0.05) is 5.21 Å². The summed E-state index contributed by atoms with van der Waals surface area (Å²) in [5.41, 5.74) is 0.828. The molecule has 0 saturated carbocycles. The van der Waals surface area contributed by atoms with Crippen molar-refractivity contribution < 1.29 is 0 Å². The van der Waals surface area contributed by atoms with Gasteiger partial charge in [0, 0.05) is 26.3 Å². The van der Waals surface area contributed by atoms with Gasteiger partial charge in [0.2, 0.25) is 0 Å². The molecular formula is C11H14N8. The molecule has 0 aliphatic carbocycles. The molecule has 3 rings (SSSR count). The summed E-state index contributed by atoms with van der Waals surface area (Å²) in [4.78, 5) is 8.44. The van der Waals surface area contributed by atoms with Crippen LogP contribution in [0.1, 0.15) is 6.42 Å². The second-order valence-electron chi connectivity index (χ2n) is 4.17. The van der Waals surface area contributed by atoms with Crippen molar-refractivity contribution >= 4 is 16.9 Å². The Bertz CT molecular complexity index is 656. The standard InChI is InChI=1S/C11H14N8/c1-18-11-9(7-16-18)10(13-8-14-11)12-3-2-5-19-6-4-15-17-19/h4,6-8H,2-3,5H2,1H3,(H,12,13,14). The van der Waals surface area contributed by atoms with Crippen LogP contribution in [0.3, 0.4) is 0 Å². The van der Waals surface area contributed by atoms with Crippen LogP contribution in [0.15, 0.2) is 24.9 Å². The van der Waals surface area contributed by atoms with E-state index < -0.39 is 0 Å². The number of aromatic nitrogens is 7. The van der Waals surface area contributed by atoms with Gasteiger partial charge in [-0.05, 0) is 6.42 Å². The monoisotopic (exact) mass is 258 g/mol. The highest BCUT2D eigenvalue weighted by molar-refractivity contribution is 5.85. The molecule has 0 aliphatic rings. The lowest BCUT2D eigenvalue weighted by molar-refractivity contribution is 0.569. The molecule has 0 fully saturated rings. The number of nitrogens with zero attached hydrogens (tertiary/aromatic N) is 7. The van der Waals surface area contributed by atoms with Crippen molar-refractivity contribution in [1.82, 2.24) is 34.7 Å². The summed E-state index contributed by atoms with van der Waals surface area (Å²) >= 11 is 0. The Balaban J connectivity index is 1.62. The van der Waals surface area contributed by atoms with Crippen LogP contribution in [0, 0.1) is 0 Å². The largest absolute Gasteiger partial charge is 0.369 e. The quantitative estimate of drug-likeness (QED) is 0.669. The first-order chi connectivity index (χ1) is 9.34. The third kappa shape index (κ3) is 2.37. The average molecular weight is 258 g/mol. The summed E-state index contributed by atoms with van der Waals surface area (Å²) in [6.07, 6.45) is 7.79. The van der Waals surface area contributed by atoms with Gasteiger partial charge in [-0.2, -0.15) is 5.10 Å². The Hall–Kier alpha value is -2.51. The van der Waals surface area contributed by atoms with E-state index in [0.29, 0.717) is 0 Å². The van der Waals surface area contributed by atoms with E-state index in [9.17, 15) is 0 Å². The molecule has 0 saturated heterocycles. The van der Waals surface area contributed by atoms with Gasteiger partial charge >= 0.3 is 0 Å². The van der Waals surface area contributed by atoms with E-state index in [1.54, 1.807) is 28.1 Å². The lowest BCUT2D eigenvalue weighted by Crippen LogP contribution is -2.08. The first-order valence-corrected chi connectivity index (χ1v) is 6.05. The first kappa shape index (κ1) is 11.6. The van der Waals surface area contributed by atoms with E-state index in [0.717, 1.165) is 36.4 Å². The van der Waals surface area contributed by atoms with Crippen LogP contribution in [0.2, 0.25) is 0 Å². The summed E-state index contributed by atoms with van der Waals surface area (Å²) in [5.74, 6) is 0.816. The molecule has 0 spiro atoms. The van der Waals surface area contributed by atoms with Crippen molar-refractivity contribution in [3.63, 3.8) is 0 Å². The predicted molar refractivity (Wildman–Crippen MR) is 69.4 cm³/mol. The summed E-state index contributed by atoms with van der Waals surface area (Å²) in [5, 5.41) is 16.1. The molecule has 0 radical (unpaired) electrons. The molecule has 0 unspecified atom stereocenters. The molecule has 0 aromatic carbocycles. The van der Waals surface area contributed by atoms with Gasteiger partial charge in [-0.25, -0.2) is 9.97 Å². The molecule has 1 N–H and O–H groups in total. The molecule has 0 aliphatic heterocycles. The van der Waals surface area contributed by atoms with E-state index in [1.807, 2.05) is 13.2 Å². The van der Waals surface area contributed by atoms with Gasteiger partial charge in [0.15, 0.2) is 5.65 Å². The maximum atomic E-state index is 4.24. The number of nitrogens with one attached hydrogen (secondary N) is 1. The van der Waals surface area contributed by atoms with Crippen LogP contribution in [0.5, 0.6) is 0 Å². The number of anilines is 1. The molecule has 3 aromatic heterocycles. The van der Waals surface area contributed by atoms with Gasteiger partial charge in [-0.15, -0.1) is 5.10 Å². The van der Waals surface area contributed by atoms with Crippen molar-refractivity contribution in [2.45, 2.75) is 13.0 Å². The van der Waals surface area contributed by atoms with E-state index in [1.165, 1.54) is 0 Å². The van der Waals surface area contributed by atoms with Crippen LogP contribution < -0.4 is 5.32 Å². The van der Waals surface area contributed by atoms with Crippen molar-refractivity contribution in [3.8, 4) is 0 Å². The van der Waals surface area contributed by atoms with Gasteiger partial charge < -0.3 is 5.32 Å². The maximum Gasteiger partial charge on any atom is 0.163 e. The zero-order valence-corrected chi connectivity index (χ0v) is 10.6. The van der Waals surface area contributed by atoms with E-state index >= 15 is 0 Å².